The summed E-state index contributed by atoms with van der Waals surface area (Å²) in [6.45, 7) is 3.21. The number of rotatable bonds is 5. The van der Waals surface area contributed by atoms with Crippen molar-refractivity contribution in [2.45, 2.75) is 32.7 Å². The number of unbranched alkanes of at least 4 members (excludes halogenated alkanes) is 2. The fourth-order valence-electron chi connectivity index (χ4n) is 1.82. The van der Waals surface area contributed by atoms with E-state index >= 15 is 0 Å². The summed E-state index contributed by atoms with van der Waals surface area (Å²) in [5, 5.41) is 4.56. The smallest absolute Gasteiger partial charge is 0.0923 e. The molecule has 2 rings (SSSR count). The van der Waals surface area contributed by atoms with Crippen molar-refractivity contribution in [2.75, 3.05) is 5.73 Å². The van der Waals surface area contributed by atoms with E-state index in [-0.39, 0.29) is 0 Å². The van der Waals surface area contributed by atoms with Gasteiger partial charge in [0.05, 0.1) is 5.69 Å². The quantitative estimate of drug-likeness (QED) is 0.631. The molecule has 0 radical (unpaired) electrons. The Morgan fingerprint density at radius 3 is 2.59 bits per heavy atom. The molecule has 0 aliphatic rings. The van der Waals surface area contributed by atoms with Gasteiger partial charge in [-0.1, -0.05) is 31.9 Å². The van der Waals surface area contributed by atoms with Crippen LogP contribution in [0.3, 0.4) is 0 Å². The van der Waals surface area contributed by atoms with Crippen LogP contribution < -0.4 is 5.73 Å². The summed E-state index contributed by atoms with van der Waals surface area (Å²) < 4.78 is 2.02. The number of nitrogens with zero attached hydrogens (tertiary/aromatic N) is 2. The highest BCUT2D eigenvalue weighted by atomic mass is 15.3. The summed E-state index contributed by atoms with van der Waals surface area (Å²) >= 11 is 0. The zero-order valence-electron chi connectivity index (χ0n) is 10.3. The third-order valence-corrected chi connectivity index (χ3v) is 2.84. The van der Waals surface area contributed by atoms with Crippen LogP contribution in [0.2, 0.25) is 0 Å². The van der Waals surface area contributed by atoms with Gasteiger partial charge in [-0.05, 0) is 24.6 Å². The van der Waals surface area contributed by atoms with Crippen LogP contribution in [0.1, 0.15) is 26.2 Å². The first-order valence-corrected chi connectivity index (χ1v) is 6.19. The molecule has 0 fully saturated rings. The predicted octanol–water partition coefficient (Wildman–Crippen LogP) is 3.32. The fourth-order valence-corrected chi connectivity index (χ4v) is 1.82. The molecule has 3 heteroatoms. The number of benzene rings is 1. The Hall–Kier alpha value is -1.77. The van der Waals surface area contributed by atoms with E-state index < -0.39 is 0 Å². The minimum atomic E-state index is 0.788. The Bertz CT molecular complexity index is 457. The maximum absolute atomic E-state index is 5.67. The molecule has 1 aromatic heterocycles. The average Bonchev–Trinajstić information content (AvgIpc) is 2.79. The van der Waals surface area contributed by atoms with E-state index in [1.165, 1.54) is 19.3 Å². The molecule has 1 heterocycles. The number of anilines is 1. The molecular formula is C14H19N3. The molecule has 0 bridgehead atoms. The van der Waals surface area contributed by atoms with Gasteiger partial charge in [-0.15, -0.1) is 0 Å². The minimum Gasteiger partial charge on any atom is -0.399 e. The van der Waals surface area contributed by atoms with Crippen LogP contribution in [0, 0.1) is 0 Å². The van der Waals surface area contributed by atoms with Crippen molar-refractivity contribution in [1.29, 1.82) is 0 Å². The molecular weight excluding hydrogens is 210 g/mol. The Kier molecular flexibility index (Phi) is 3.81. The highest BCUT2D eigenvalue weighted by Gasteiger charge is 2.01. The van der Waals surface area contributed by atoms with Crippen molar-refractivity contribution in [3.63, 3.8) is 0 Å². The summed E-state index contributed by atoms with van der Waals surface area (Å²) in [6.07, 6.45) is 5.74. The second-order valence-corrected chi connectivity index (χ2v) is 4.29. The second kappa shape index (κ2) is 5.53. The van der Waals surface area contributed by atoms with E-state index in [1.807, 2.05) is 35.1 Å². The average molecular weight is 229 g/mol. The lowest BCUT2D eigenvalue weighted by atomic mass is 10.1. The van der Waals surface area contributed by atoms with E-state index in [4.69, 9.17) is 5.73 Å². The van der Waals surface area contributed by atoms with Crippen LogP contribution in [-0.2, 0) is 6.54 Å². The van der Waals surface area contributed by atoms with E-state index in [0.717, 1.165) is 23.5 Å². The lowest BCUT2D eigenvalue weighted by Gasteiger charge is -2.00. The Morgan fingerprint density at radius 1 is 1.12 bits per heavy atom. The monoisotopic (exact) mass is 229 g/mol. The van der Waals surface area contributed by atoms with Gasteiger partial charge in [0.25, 0.3) is 0 Å². The summed E-state index contributed by atoms with van der Waals surface area (Å²) in [5.41, 5.74) is 8.59. The third kappa shape index (κ3) is 3.09. The molecule has 0 spiro atoms. The largest absolute Gasteiger partial charge is 0.399 e. The molecule has 3 nitrogen and oxygen atoms in total. The molecule has 0 amide bonds. The summed E-state index contributed by atoms with van der Waals surface area (Å²) in [6, 6.07) is 9.89. The van der Waals surface area contributed by atoms with Gasteiger partial charge in [0, 0.05) is 24.0 Å². The van der Waals surface area contributed by atoms with E-state index in [0.29, 0.717) is 0 Å². The van der Waals surface area contributed by atoms with Crippen LogP contribution >= 0.6 is 0 Å². The first-order valence-electron chi connectivity index (χ1n) is 6.19. The van der Waals surface area contributed by atoms with Gasteiger partial charge in [-0.2, -0.15) is 5.10 Å². The maximum Gasteiger partial charge on any atom is 0.0923 e. The molecule has 2 N–H and O–H groups in total. The molecule has 0 saturated heterocycles. The number of hydrogen-bond acceptors (Lipinski definition) is 2. The fraction of sp³-hybridized carbons (Fsp3) is 0.357. The normalized spacial score (nSPS) is 10.6. The van der Waals surface area contributed by atoms with Gasteiger partial charge >= 0.3 is 0 Å². The van der Waals surface area contributed by atoms with Gasteiger partial charge < -0.3 is 5.73 Å². The van der Waals surface area contributed by atoms with Crippen LogP contribution in [-0.4, -0.2) is 9.78 Å². The lowest BCUT2D eigenvalue weighted by Crippen LogP contribution is -1.98. The highest BCUT2D eigenvalue weighted by molar-refractivity contribution is 5.61. The first-order chi connectivity index (χ1) is 8.29. The molecule has 0 aliphatic heterocycles. The minimum absolute atomic E-state index is 0.788. The number of aryl methyl sites for hydroxylation is 1. The van der Waals surface area contributed by atoms with Gasteiger partial charge in [0.2, 0.25) is 0 Å². The van der Waals surface area contributed by atoms with Crippen LogP contribution in [0.5, 0.6) is 0 Å². The van der Waals surface area contributed by atoms with Crippen molar-refractivity contribution in [2.24, 2.45) is 0 Å². The third-order valence-electron chi connectivity index (χ3n) is 2.84. The Morgan fingerprint density at radius 2 is 1.88 bits per heavy atom. The van der Waals surface area contributed by atoms with Crippen LogP contribution in [0.4, 0.5) is 5.69 Å². The summed E-state index contributed by atoms with van der Waals surface area (Å²) in [5.74, 6) is 0. The Labute approximate surface area is 102 Å². The zero-order chi connectivity index (χ0) is 12.1. The zero-order valence-corrected chi connectivity index (χ0v) is 10.3. The molecule has 17 heavy (non-hydrogen) atoms. The standard InChI is InChI=1S/C14H19N3/c1-2-3-4-10-17-11-9-14(16-17)12-5-7-13(15)8-6-12/h5-9,11H,2-4,10,15H2,1H3. The number of nitrogens with two attached hydrogens (primary N) is 1. The van der Waals surface area contributed by atoms with E-state index in [2.05, 4.69) is 18.1 Å². The van der Waals surface area contributed by atoms with Crippen molar-refractivity contribution >= 4 is 5.69 Å². The van der Waals surface area contributed by atoms with Gasteiger partial charge in [0.15, 0.2) is 0 Å². The molecule has 0 unspecified atom stereocenters. The summed E-state index contributed by atoms with van der Waals surface area (Å²) in [7, 11) is 0. The molecule has 2 aromatic rings. The van der Waals surface area contributed by atoms with Gasteiger partial charge in [0.1, 0.15) is 0 Å². The van der Waals surface area contributed by atoms with Crippen molar-refractivity contribution < 1.29 is 0 Å². The lowest BCUT2D eigenvalue weighted by molar-refractivity contribution is 0.554. The summed E-state index contributed by atoms with van der Waals surface area (Å²) in [4.78, 5) is 0. The van der Waals surface area contributed by atoms with Crippen molar-refractivity contribution in [3.8, 4) is 11.3 Å². The molecule has 0 atom stereocenters. The number of hydrogen-bond donors (Lipinski definition) is 1. The number of nitrogen functional groups attached to an aromatic ring is 1. The predicted molar refractivity (Wildman–Crippen MR) is 71.6 cm³/mol. The number of aromatic nitrogens is 2. The maximum atomic E-state index is 5.67. The van der Waals surface area contributed by atoms with E-state index in [9.17, 15) is 0 Å². The Balaban J connectivity index is 2.04. The van der Waals surface area contributed by atoms with Crippen LogP contribution in [0.25, 0.3) is 11.3 Å². The van der Waals surface area contributed by atoms with Crippen molar-refractivity contribution in [1.82, 2.24) is 9.78 Å². The van der Waals surface area contributed by atoms with Crippen molar-refractivity contribution in [3.05, 3.63) is 36.5 Å². The second-order valence-electron chi connectivity index (χ2n) is 4.29. The molecule has 0 aliphatic carbocycles. The molecule has 1 aromatic carbocycles. The van der Waals surface area contributed by atoms with Gasteiger partial charge in [-0.3, -0.25) is 4.68 Å². The highest BCUT2D eigenvalue weighted by Crippen LogP contribution is 2.18. The SMILES string of the molecule is CCCCCn1ccc(-c2ccc(N)cc2)n1. The topological polar surface area (TPSA) is 43.8 Å². The first kappa shape index (κ1) is 11.7. The van der Waals surface area contributed by atoms with Crippen LogP contribution in [0.15, 0.2) is 36.5 Å². The molecule has 0 saturated carbocycles. The van der Waals surface area contributed by atoms with E-state index in [1.54, 1.807) is 0 Å². The molecule has 90 valence electrons. The van der Waals surface area contributed by atoms with Gasteiger partial charge in [-0.25, -0.2) is 0 Å².